The zero-order chi connectivity index (χ0) is 51.9. The SMILES string of the molecule is [2H]c1c([2H])c(-c2nc(-c3ccccc3)nc(-c3ccc4c(c3)C3c5ccccc5C4c4cc(-c5nc(-c6ccccc6)nc(-c6c([2H])c([2H])c(-c7ccccc7)c([2H])c6[2H])n5)ccc43)n2)c([2H])c([2H])c1-c1ccccc1. The topological polar surface area (TPSA) is 77.3 Å². The smallest absolute Gasteiger partial charge is 0.164 e. The van der Waals surface area contributed by atoms with Crippen molar-refractivity contribution in [1.29, 1.82) is 0 Å². The zero-order valence-electron chi connectivity index (χ0n) is 44.2. The van der Waals surface area contributed by atoms with Gasteiger partial charge in [0.15, 0.2) is 34.9 Å². The number of nitrogens with zero attached hydrogens (tertiary/aromatic N) is 6. The highest BCUT2D eigenvalue weighted by atomic mass is 15.0. The van der Waals surface area contributed by atoms with Crippen LogP contribution in [-0.4, -0.2) is 29.9 Å². The lowest BCUT2D eigenvalue weighted by molar-refractivity contribution is 0.754. The molecule has 3 aliphatic rings. The van der Waals surface area contributed by atoms with Crippen molar-refractivity contribution >= 4 is 0 Å². The largest absolute Gasteiger partial charge is 0.208 e. The molecule has 0 saturated heterocycles. The van der Waals surface area contributed by atoms with Crippen molar-refractivity contribution in [1.82, 2.24) is 29.9 Å². The van der Waals surface area contributed by atoms with Crippen LogP contribution in [0.2, 0.25) is 0 Å². The molecular weight excluding hydrogens is 829 g/mol. The Balaban J connectivity index is 0.942. The van der Waals surface area contributed by atoms with Crippen LogP contribution >= 0.6 is 0 Å². The first-order valence-corrected chi connectivity index (χ1v) is 22.4. The van der Waals surface area contributed by atoms with Crippen LogP contribution < -0.4 is 0 Å². The first-order valence-electron chi connectivity index (χ1n) is 26.4. The Bertz CT molecular complexity index is 3840. The van der Waals surface area contributed by atoms with Crippen molar-refractivity contribution in [2.24, 2.45) is 0 Å². The van der Waals surface area contributed by atoms with E-state index in [0.717, 1.165) is 33.4 Å². The molecular formula is C62H40N6. The second-order valence-electron chi connectivity index (χ2n) is 16.8. The minimum absolute atomic E-state index is 0.0177. The molecule has 6 nitrogen and oxygen atoms in total. The monoisotopic (exact) mass is 876 g/mol. The van der Waals surface area contributed by atoms with Gasteiger partial charge in [-0.05, 0) is 67.8 Å². The van der Waals surface area contributed by atoms with E-state index in [0.29, 0.717) is 56.7 Å². The van der Waals surface area contributed by atoms with Crippen molar-refractivity contribution in [3.8, 4) is 90.6 Å². The van der Waals surface area contributed by atoms with Crippen molar-refractivity contribution in [3.05, 3.63) is 264 Å². The normalized spacial score (nSPS) is 15.8. The summed E-state index contributed by atoms with van der Waals surface area (Å²) in [5.41, 5.74) is 10.9. The van der Waals surface area contributed by atoms with Crippen molar-refractivity contribution in [3.63, 3.8) is 0 Å². The summed E-state index contributed by atoms with van der Waals surface area (Å²) < 4.78 is 73.3. The lowest BCUT2D eigenvalue weighted by atomic mass is 9.61. The first-order chi connectivity index (χ1) is 37.0. The fourth-order valence-electron chi connectivity index (χ4n) is 9.51. The molecule has 2 unspecified atom stereocenters. The van der Waals surface area contributed by atoms with Crippen molar-refractivity contribution in [2.45, 2.75) is 11.8 Å². The molecule has 2 bridgehead atoms. The molecule has 6 heteroatoms. The predicted molar refractivity (Wildman–Crippen MR) is 271 cm³/mol. The molecule has 0 radical (unpaired) electrons. The maximum absolute atomic E-state index is 9.24. The van der Waals surface area contributed by atoms with Crippen LogP contribution in [0.15, 0.2) is 230 Å². The summed E-state index contributed by atoms with van der Waals surface area (Å²) in [4.78, 5) is 29.6. The van der Waals surface area contributed by atoms with Gasteiger partial charge in [0.25, 0.3) is 0 Å². The Morgan fingerprint density at radius 3 is 0.838 bits per heavy atom. The minimum Gasteiger partial charge on any atom is -0.208 e. The van der Waals surface area contributed by atoms with E-state index in [1.54, 1.807) is 48.5 Å². The number of benzene rings is 9. The van der Waals surface area contributed by atoms with E-state index in [2.05, 4.69) is 48.5 Å². The van der Waals surface area contributed by atoms with Crippen LogP contribution in [-0.2, 0) is 0 Å². The molecule has 0 spiro atoms. The molecule has 0 amide bonds. The Morgan fingerprint density at radius 1 is 0.221 bits per heavy atom. The Morgan fingerprint density at radius 2 is 0.485 bits per heavy atom. The maximum atomic E-state index is 9.24. The van der Waals surface area contributed by atoms with Crippen molar-refractivity contribution in [2.75, 3.05) is 0 Å². The Hall–Kier alpha value is -9.00. The van der Waals surface area contributed by atoms with E-state index in [-0.39, 0.29) is 94.1 Å². The van der Waals surface area contributed by atoms with Gasteiger partial charge in [-0.15, -0.1) is 0 Å². The molecule has 2 aromatic heterocycles. The third kappa shape index (κ3) is 6.98. The molecule has 0 N–H and O–H groups in total. The van der Waals surface area contributed by atoms with Gasteiger partial charge >= 0.3 is 0 Å². The molecule has 318 valence electrons. The van der Waals surface area contributed by atoms with E-state index in [9.17, 15) is 5.48 Å². The highest BCUT2D eigenvalue weighted by molar-refractivity contribution is 5.77. The average Bonchev–Trinajstić information content (AvgIpc) is 3.53. The second kappa shape index (κ2) is 16.5. The molecule has 2 atom stereocenters. The summed E-state index contributed by atoms with van der Waals surface area (Å²) >= 11 is 0. The van der Waals surface area contributed by atoms with Gasteiger partial charge in [0.05, 0.1) is 11.0 Å². The molecule has 0 saturated carbocycles. The quantitative estimate of drug-likeness (QED) is 0.151. The van der Waals surface area contributed by atoms with Crippen LogP contribution in [0.4, 0.5) is 0 Å². The first kappa shape index (κ1) is 31.8. The molecule has 2 heterocycles. The zero-order valence-corrected chi connectivity index (χ0v) is 36.2. The minimum atomic E-state index is -0.250. The van der Waals surface area contributed by atoms with E-state index >= 15 is 0 Å². The highest BCUT2D eigenvalue weighted by Crippen LogP contribution is 2.56. The van der Waals surface area contributed by atoms with Gasteiger partial charge in [-0.3, -0.25) is 0 Å². The van der Waals surface area contributed by atoms with Crippen molar-refractivity contribution < 1.29 is 11.0 Å². The molecule has 0 fully saturated rings. The van der Waals surface area contributed by atoms with Crippen LogP contribution in [0.1, 0.15) is 56.2 Å². The number of rotatable bonds is 8. The molecule has 11 aromatic rings. The standard InChI is InChI=1S/C62H40N6/c1-5-15-39(16-6-1)41-25-29-45(30-26-41)59-63-57(43-19-9-3-10-20-43)65-61(67-59)47-33-35-51-53(37-47)55-49-23-13-14-24-50(49)56(51)54-38-48(34-36-52(54)55)62-66-58(44-21-11-4-12-22-44)64-60(68-62)46-31-27-42(28-32-46)40-17-7-2-8-18-40/h1-38,55-56H/i25D,26D,27D,28D,29D,30D,31D,32D. The van der Waals surface area contributed by atoms with Gasteiger partial charge < -0.3 is 0 Å². The average molecular weight is 877 g/mol. The summed E-state index contributed by atoms with van der Waals surface area (Å²) in [7, 11) is 0. The van der Waals surface area contributed by atoms with Crippen LogP contribution in [0.3, 0.4) is 0 Å². The molecule has 14 rings (SSSR count). The molecule has 68 heavy (non-hydrogen) atoms. The highest BCUT2D eigenvalue weighted by Gasteiger charge is 2.41. The van der Waals surface area contributed by atoms with E-state index < -0.39 is 0 Å². The van der Waals surface area contributed by atoms with E-state index in [1.165, 1.54) is 0 Å². The van der Waals surface area contributed by atoms with Crippen LogP contribution in [0.5, 0.6) is 0 Å². The number of hydrogen-bond donors (Lipinski definition) is 0. The molecule has 0 aliphatic heterocycles. The van der Waals surface area contributed by atoms with Crippen LogP contribution in [0.25, 0.3) is 90.6 Å². The maximum Gasteiger partial charge on any atom is 0.164 e. The lowest BCUT2D eigenvalue weighted by Crippen LogP contribution is -2.27. The Labute approximate surface area is 405 Å². The molecule has 3 aliphatic carbocycles. The summed E-state index contributed by atoms with van der Waals surface area (Å²) in [6.45, 7) is 0. The Kier molecular flexibility index (Phi) is 7.70. The van der Waals surface area contributed by atoms with Gasteiger partial charge in [0, 0.05) is 45.2 Å². The number of aromatic nitrogens is 6. The third-order valence-electron chi connectivity index (χ3n) is 12.7. The summed E-state index contributed by atoms with van der Waals surface area (Å²) in [6, 6.07) is 55.9. The van der Waals surface area contributed by atoms with Gasteiger partial charge in [0.1, 0.15) is 0 Å². The van der Waals surface area contributed by atoms with Gasteiger partial charge in [0.2, 0.25) is 0 Å². The molecule has 9 aromatic carbocycles. The predicted octanol–water partition coefficient (Wildman–Crippen LogP) is 14.4. The van der Waals surface area contributed by atoms with Gasteiger partial charge in [-0.2, -0.15) is 0 Å². The number of hydrogen-bond acceptors (Lipinski definition) is 6. The van der Waals surface area contributed by atoms with E-state index in [4.69, 9.17) is 35.4 Å². The fourth-order valence-corrected chi connectivity index (χ4v) is 9.51. The summed E-state index contributed by atoms with van der Waals surface area (Å²) in [6.07, 6.45) is 0. The fraction of sp³-hybridized carbons (Fsp3) is 0.0323. The lowest BCUT2D eigenvalue weighted by Gasteiger charge is -2.42. The summed E-state index contributed by atoms with van der Waals surface area (Å²) in [5.74, 6) is 0.949. The van der Waals surface area contributed by atoms with Gasteiger partial charge in [-0.1, -0.05) is 218 Å². The van der Waals surface area contributed by atoms with E-state index in [1.807, 2.05) is 84.9 Å². The summed E-state index contributed by atoms with van der Waals surface area (Å²) in [5, 5.41) is 0. The van der Waals surface area contributed by atoms with Crippen LogP contribution in [0, 0.1) is 0 Å². The second-order valence-corrected chi connectivity index (χ2v) is 16.8. The third-order valence-corrected chi connectivity index (χ3v) is 12.7. The van der Waals surface area contributed by atoms with Gasteiger partial charge in [-0.25, -0.2) is 29.9 Å².